The van der Waals surface area contributed by atoms with Crippen molar-refractivity contribution in [2.45, 2.75) is 59.9 Å². The lowest BCUT2D eigenvalue weighted by atomic mass is 9.92. The van der Waals surface area contributed by atoms with Gasteiger partial charge in [-0.05, 0) is 36.8 Å². The third kappa shape index (κ3) is 3.59. The number of aromatic nitrogens is 3. The lowest BCUT2D eigenvalue weighted by Crippen LogP contribution is -2.24. The summed E-state index contributed by atoms with van der Waals surface area (Å²) in [6.07, 6.45) is 9.25. The molecule has 5 heteroatoms. The molecule has 24 heavy (non-hydrogen) atoms. The molecule has 1 saturated carbocycles. The van der Waals surface area contributed by atoms with E-state index in [0.29, 0.717) is 24.1 Å². The van der Waals surface area contributed by atoms with Crippen molar-refractivity contribution >= 4 is 23.0 Å². The first-order valence-corrected chi connectivity index (χ1v) is 8.03. The fourth-order valence-electron chi connectivity index (χ4n) is 2.78. The molecule has 1 amide bonds. The minimum atomic E-state index is -0.0632. The first kappa shape index (κ1) is 18.0. The molecule has 2 aromatic heterocycles. The average Bonchev–Trinajstić information content (AvgIpc) is 2.72. The van der Waals surface area contributed by atoms with Crippen LogP contribution in [-0.4, -0.2) is 20.4 Å². The van der Waals surface area contributed by atoms with Gasteiger partial charge < -0.3 is 0 Å². The van der Waals surface area contributed by atoms with Crippen LogP contribution < -0.4 is 5.32 Å². The molecule has 1 aliphatic rings. The van der Waals surface area contributed by atoms with E-state index in [4.69, 9.17) is 6.42 Å². The number of terminal acetylenes is 1. The molecular weight excluding hydrogens is 300 g/mol. The fraction of sp³-hybridized carbons (Fsp3) is 0.526. The number of nitrogens with zero attached hydrogens (tertiary/aromatic N) is 3. The summed E-state index contributed by atoms with van der Waals surface area (Å²) in [5, 5.41) is 2.96. The number of nitrogens with one attached hydrogen (secondary N) is 1. The minimum absolute atomic E-state index is 0. The predicted molar refractivity (Wildman–Crippen MR) is 97.8 cm³/mol. The van der Waals surface area contributed by atoms with Crippen LogP contribution in [0.5, 0.6) is 0 Å². The zero-order chi connectivity index (χ0) is 16.6. The molecule has 5 nitrogen and oxygen atoms in total. The van der Waals surface area contributed by atoms with Gasteiger partial charge in [0.1, 0.15) is 11.2 Å². The molecule has 0 radical (unpaired) electrons. The molecular formula is C19H26N4O. The Morgan fingerprint density at radius 3 is 2.62 bits per heavy atom. The summed E-state index contributed by atoms with van der Waals surface area (Å²) in [6.45, 7) is 6.13. The highest BCUT2D eigenvalue weighted by molar-refractivity contribution is 5.91. The number of amides is 1. The summed E-state index contributed by atoms with van der Waals surface area (Å²) in [6, 6.07) is 3.98. The van der Waals surface area contributed by atoms with E-state index < -0.39 is 0 Å². The van der Waals surface area contributed by atoms with Gasteiger partial charge in [-0.2, -0.15) is 0 Å². The van der Waals surface area contributed by atoms with E-state index >= 15 is 0 Å². The zero-order valence-corrected chi connectivity index (χ0v) is 13.9. The second-order valence-electron chi connectivity index (χ2n) is 7.36. The molecule has 2 aromatic rings. The maximum atomic E-state index is 12.3. The van der Waals surface area contributed by atoms with Gasteiger partial charge in [0, 0.05) is 12.5 Å². The van der Waals surface area contributed by atoms with Crippen molar-refractivity contribution < 1.29 is 4.79 Å². The van der Waals surface area contributed by atoms with Gasteiger partial charge >= 0.3 is 0 Å². The summed E-state index contributed by atoms with van der Waals surface area (Å²) >= 11 is 0. The standard InChI is InChI=1S/C18H22N4O.CH4/c1-5-12-9-10-14-16(19-12)22(13-7-6-8-13)17(20-14)21-15(23)11-18(2,3)4;/h1,9-10,13H,6-8,11H2,2-4H3,(H,20,21,23);1H4. The number of imidazole rings is 1. The van der Waals surface area contributed by atoms with E-state index in [9.17, 15) is 4.79 Å². The van der Waals surface area contributed by atoms with Gasteiger partial charge in [-0.15, -0.1) is 6.42 Å². The number of hydrogen-bond acceptors (Lipinski definition) is 3. The predicted octanol–water partition coefficient (Wildman–Crippen LogP) is 4.15. The van der Waals surface area contributed by atoms with Crippen LogP contribution in [0.3, 0.4) is 0 Å². The van der Waals surface area contributed by atoms with Crippen molar-refractivity contribution in [2.75, 3.05) is 5.32 Å². The Balaban J connectivity index is 0.00000208. The van der Waals surface area contributed by atoms with E-state index in [1.54, 1.807) is 6.07 Å². The number of fused-ring (bicyclic) bond motifs is 1. The second kappa shape index (κ2) is 6.64. The Hall–Kier alpha value is -2.35. The lowest BCUT2D eigenvalue weighted by molar-refractivity contribution is -0.117. The third-order valence-corrected chi connectivity index (χ3v) is 4.07. The summed E-state index contributed by atoms with van der Waals surface area (Å²) in [5.41, 5.74) is 2.05. The quantitative estimate of drug-likeness (QED) is 0.862. The Labute approximate surface area is 143 Å². The van der Waals surface area contributed by atoms with Crippen molar-refractivity contribution in [3.05, 3.63) is 17.8 Å². The van der Waals surface area contributed by atoms with E-state index in [1.165, 1.54) is 6.42 Å². The summed E-state index contributed by atoms with van der Waals surface area (Å²) in [4.78, 5) is 21.4. The van der Waals surface area contributed by atoms with Gasteiger partial charge in [0.2, 0.25) is 11.9 Å². The average molecular weight is 326 g/mol. The fourth-order valence-corrected chi connectivity index (χ4v) is 2.78. The van der Waals surface area contributed by atoms with E-state index in [0.717, 1.165) is 24.0 Å². The molecule has 1 aliphatic carbocycles. The lowest BCUT2D eigenvalue weighted by Gasteiger charge is -2.28. The SMILES string of the molecule is C.C#Cc1ccc2nc(NC(=O)CC(C)(C)C)n(C3CCC3)c2n1. The van der Waals surface area contributed by atoms with Crippen molar-refractivity contribution in [3.63, 3.8) is 0 Å². The van der Waals surface area contributed by atoms with Crippen LogP contribution in [0.25, 0.3) is 11.2 Å². The van der Waals surface area contributed by atoms with Crippen molar-refractivity contribution in [2.24, 2.45) is 5.41 Å². The summed E-state index contributed by atoms with van der Waals surface area (Å²) in [5.74, 6) is 3.12. The number of hydrogen-bond donors (Lipinski definition) is 1. The molecule has 0 saturated heterocycles. The van der Waals surface area contributed by atoms with E-state index in [2.05, 4.69) is 21.2 Å². The molecule has 3 rings (SSSR count). The van der Waals surface area contributed by atoms with Crippen LogP contribution in [0, 0.1) is 17.8 Å². The Kier molecular flexibility index (Phi) is 4.98. The van der Waals surface area contributed by atoms with Crippen LogP contribution in [0.4, 0.5) is 5.95 Å². The normalized spacial score (nSPS) is 14.6. The van der Waals surface area contributed by atoms with E-state index in [-0.39, 0.29) is 18.7 Å². The molecule has 1 N–H and O–H groups in total. The molecule has 0 atom stereocenters. The first-order valence-electron chi connectivity index (χ1n) is 8.03. The van der Waals surface area contributed by atoms with Crippen molar-refractivity contribution in [1.82, 2.24) is 14.5 Å². The van der Waals surface area contributed by atoms with Crippen LogP contribution in [0.15, 0.2) is 12.1 Å². The number of carbonyl (C=O) groups excluding carboxylic acids is 1. The highest BCUT2D eigenvalue weighted by Gasteiger charge is 2.27. The van der Waals surface area contributed by atoms with E-state index in [1.807, 2.05) is 31.4 Å². The first-order chi connectivity index (χ1) is 10.9. The molecule has 1 fully saturated rings. The monoisotopic (exact) mass is 326 g/mol. The number of anilines is 1. The summed E-state index contributed by atoms with van der Waals surface area (Å²) < 4.78 is 2.04. The largest absolute Gasteiger partial charge is 0.296 e. The van der Waals surface area contributed by atoms with Gasteiger partial charge in [-0.3, -0.25) is 14.7 Å². The molecule has 0 spiro atoms. The topological polar surface area (TPSA) is 59.8 Å². The minimum Gasteiger partial charge on any atom is -0.296 e. The van der Waals surface area contributed by atoms with Gasteiger partial charge in [0.15, 0.2) is 5.65 Å². The molecule has 0 unspecified atom stereocenters. The zero-order valence-electron chi connectivity index (χ0n) is 13.9. The second-order valence-corrected chi connectivity index (χ2v) is 7.36. The van der Waals surface area contributed by atoms with Crippen molar-refractivity contribution in [1.29, 1.82) is 0 Å². The van der Waals surface area contributed by atoms with Gasteiger partial charge in [-0.25, -0.2) is 9.97 Å². The molecule has 0 aromatic carbocycles. The molecule has 128 valence electrons. The molecule has 2 heterocycles. The number of pyridine rings is 1. The Morgan fingerprint density at radius 2 is 2.08 bits per heavy atom. The Bertz CT molecular complexity index is 788. The maximum absolute atomic E-state index is 12.3. The van der Waals surface area contributed by atoms with Crippen LogP contribution >= 0.6 is 0 Å². The van der Waals surface area contributed by atoms with Crippen LogP contribution in [-0.2, 0) is 4.79 Å². The highest BCUT2D eigenvalue weighted by Crippen LogP contribution is 2.36. The van der Waals surface area contributed by atoms with Gasteiger partial charge in [0.25, 0.3) is 0 Å². The number of rotatable bonds is 3. The van der Waals surface area contributed by atoms with Gasteiger partial charge in [-0.1, -0.05) is 34.1 Å². The van der Waals surface area contributed by atoms with Crippen LogP contribution in [0.2, 0.25) is 0 Å². The maximum Gasteiger partial charge on any atom is 0.227 e. The smallest absolute Gasteiger partial charge is 0.227 e. The molecule has 0 bridgehead atoms. The Morgan fingerprint density at radius 1 is 1.38 bits per heavy atom. The highest BCUT2D eigenvalue weighted by atomic mass is 16.1. The molecule has 0 aliphatic heterocycles. The van der Waals surface area contributed by atoms with Gasteiger partial charge in [0.05, 0.1) is 0 Å². The summed E-state index contributed by atoms with van der Waals surface area (Å²) in [7, 11) is 0. The number of carbonyl (C=O) groups is 1. The van der Waals surface area contributed by atoms with Crippen molar-refractivity contribution in [3.8, 4) is 12.3 Å². The van der Waals surface area contributed by atoms with Crippen LogP contribution in [0.1, 0.15) is 65.6 Å². The third-order valence-electron chi connectivity index (χ3n) is 4.07.